The normalized spacial score (nSPS) is 19.0. The molecular formula is C15H27N3. The van der Waals surface area contributed by atoms with Gasteiger partial charge in [0.2, 0.25) is 0 Å². The predicted molar refractivity (Wildman–Crippen MR) is 75.5 cm³/mol. The standard InChI is InChI=1S/C15H27N3/c1-3-18-12-14(11-17-18)15(16-2)10-9-13-7-5-4-6-8-13/h11-13,15-16H,3-10H2,1-2H3. The van der Waals surface area contributed by atoms with Gasteiger partial charge in [0.25, 0.3) is 0 Å². The second-order valence-corrected chi connectivity index (χ2v) is 5.55. The summed E-state index contributed by atoms with van der Waals surface area (Å²) in [4.78, 5) is 0. The second-order valence-electron chi connectivity index (χ2n) is 5.55. The molecule has 1 atom stereocenters. The van der Waals surface area contributed by atoms with Gasteiger partial charge in [0.1, 0.15) is 0 Å². The van der Waals surface area contributed by atoms with E-state index in [9.17, 15) is 0 Å². The Morgan fingerprint density at radius 2 is 2.17 bits per heavy atom. The molecule has 0 aliphatic heterocycles. The Morgan fingerprint density at radius 1 is 1.39 bits per heavy atom. The van der Waals surface area contributed by atoms with Gasteiger partial charge in [-0.25, -0.2) is 0 Å². The van der Waals surface area contributed by atoms with Crippen LogP contribution in [0.4, 0.5) is 0 Å². The van der Waals surface area contributed by atoms with E-state index in [1.807, 2.05) is 10.9 Å². The van der Waals surface area contributed by atoms with Gasteiger partial charge in [-0.05, 0) is 32.7 Å². The summed E-state index contributed by atoms with van der Waals surface area (Å²) in [5.74, 6) is 0.968. The van der Waals surface area contributed by atoms with E-state index in [4.69, 9.17) is 0 Å². The summed E-state index contributed by atoms with van der Waals surface area (Å²) >= 11 is 0. The Kier molecular flexibility index (Phi) is 5.24. The molecule has 1 aliphatic carbocycles. The first-order chi connectivity index (χ1) is 8.83. The largest absolute Gasteiger partial charge is 0.313 e. The van der Waals surface area contributed by atoms with Crippen LogP contribution in [-0.2, 0) is 6.54 Å². The van der Waals surface area contributed by atoms with Gasteiger partial charge in [-0.2, -0.15) is 5.10 Å². The molecule has 1 N–H and O–H groups in total. The molecule has 0 bridgehead atoms. The number of nitrogens with one attached hydrogen (secondary N) is 1. The Hall–Kier alpha value is -0.830. The zero-order chi connectivity index (χ0) is 12.8. The highest BCUT2D eigenvalue weighted by molar-refractivity contribution is 5.10. The molecule has 0 amide bonds. The van der Waals surface area contributed by atoms with E-state index in [0.29, 0.717) is 6.04 Å². The summed E-state index contributed by atoms with van der Waals surface area (Å²) in [5, 5.41) is 7.82. The van der Waals surface area contributed by atoms with Crippen LogP contribution in [0.3, 0.4) is 0 Å². The molecule has 1 aromatic rings. The summed E-state index contributed by atoms with van der Waals surface area (Å²) in [5.41, 5.74) is 1.34. The fourth-order valence-corrected chi connectivity index (χ4v) is 3.09. The van der Waals surface area contributed by atoms with Gasteiger partial charge < -0.3 is 5.32 Å². The molecule has 3 nitrogen and oxygen atoms in total. The molecule has 1 saturated carbocycles. The molecule has 1 fully saturated rings. The zero-order valence-corrected chi connectivity index (χ0v) is 11.9. The maximum Gasteiger partial charge on any atom is 0.0537 e. The van der Waals surface area contributed by atoms with Gasteiger partial charge >= 0.3 is 0 Å². The van der Waals surface area contributed by atoms with Crippen molar-refractivity contribution in [2.45, 2.75) is 64.5 Å². The highest BCUT2D eigenvalue weighted by atomic mass is 15.3. The van der Waals surface area contributed by atoms with Crippen LogP contribution in [0.15, 0.2) is 12.4 Å². The summed E-state index contributed by atoms with van der Waals surface area (Å²) in [6.45, 7) is 3.09. The lowest BCUT2D eigenvalue weighted by molar-refractivity contribution is 0.317. The van der Waals surface area contributed by atoms with Crippen molar-refractivity contribution in [2.24, 2.45) is 5.92 Å². The SMILES string of the molecule is CCn1cc(C(CCC2CCCCC2)NC)cn1. The van der Waals surface area contributed by atoms with E-state index in [0.717, 1.165) is 12.5 Å². The van der Waals surface area contributed by atoms with E-state index in [-0.39, 0.29) is 0 Å². The topological polar surface area (TPSA) is 29.9 Å². The van der Waals surface area contributed by atoms with Crippen LogP contribution in [0.5, 0.6) is 0 Å². The number of hydrogen-bond acceptors (Lipinski definition) is 2. The van der Waals surface area contributed by atoms with Crippen LogP contribution in [0.2, 0.25) is 0 Å². The third kappa shape index (κ3) is 3.58. The lowest BCUT2D eigenvalue weighted by Gasteiger charge is -2.23. The Morgan fingerprint density at radius 3 is 2.78 bits per heavy atom. The van der Waals surface area contributed by atoms with Crippen molar-refractivity contribution in [1.29, 1.82) is 0 Å². The number of nitrogens with zero attached hydrogens (tertiary/aromatic N) is 2. The first-order valence-electron chi connectivity index (χ1n) is 7.53. The summed E-state index contributed by atoms with van der Waals surface area (Å²) in [6.07, 6.45) is 14.1. The predicted octanol–water partition coefficient (Wildman–Crippen LogP) is 3.52. The van der Waals surface area contributed by atoms with Crippen LogP contribution in [-0.4, -0.2) is 16.8 Å². The van der Waals surface area contributed by atoms with E-state index >= 15 is 0 Å². The maximum absolute atomic E-state index is 4.37. The van der Waals surface area contributed by atoms with Crippen molar-refractivity contribution in [3.8, 4) is 0 Å². The smallest absolute Gasteiger partial charge is 0.0537 e. The minimum atomic E-state index is 0.479. The van der Waals surface area contributed by atoms with E-state index in [2.05, 4.69) is 30.6 Å². The quantitative estimate of drug-likeness (QED) is 0.836. The highest BCUT2D eigenvalue weighted by Gasteiger charge is 2.17. The molecule has 1 unspecified atom stereocenters. The Bertz CT molecular complexity index is 339. The molecule has 3 heteroatoms. The van der Waals surface area contributed by atoms with Crippen LogP contribution in [0.25, 0.3) is 0 Å². The second kappa shape index (κ2) is 6.93. The van der Waals surface area contributed by atoms with Gasteiger partial charge in [0, 0.05) is 24.3 Å². The Balaban J connectivity index is 1.84. The molecule has 1 aromatic heterocycles. The molecule has 102 valence electrons. The number of hydrogen-bond donors (Lipinski definition) is 1. The number of aromatic nitrogens is 2. The minimum Gasteiger partial charge on any atom is -0.313 e. The maximum atomic E-state index is 4.37. The highest BCUT2D eigenvalue weighted by Crippen LogP contribution is 2.30. The average Bonchev–Trinajstić information content (AvgIpc) is 2.89. The van der Waals surface area contributed by atoms with Gasteiger partial charge in [-0.3, -0.25) is 4.68 Å². The third-order valence-electron chi connectivity index (χ3n) is 4.32. The van der Waals surface area contributed by atoms with Crippen LogP contribution in [0.1, 0.15) is 63.5 Å². The molecule has 1 heterocycles. The fraction of sp³-hybridized carbons (Fsp3) is 0.800. The molecule has 1 aliphatic rings. The Labute approximate surface area is 111 Å². The summed E-state index contributed by atoms with van der Waals surface area (Å²) in [6, 6.07) is 0.479. The average molecular weight is 249 g/mol. The first-order valence-corrected chi connectivity index (χ1v) is 7.53. The van der Waals surface area contributed by atoms with E-state index in [1.165, 1.54) is 50.5 Å². The van der Waals surface area contributed by atoms with Crippen molar-refractivity contribution in [3.05, 3.63) is 18.0 Å². The molecule has 0 aromatic carbocycles. The lowest BCUT2D eigenvalue weighted by atomic mass is 9.85. The van der Waals surface area contributed by atoms with Gasteiger partial charge in [0.15, 0.2) is 0 Å². The molecular weight excluding hydrogens is 222 g/mol. The van der Waals surface area contributed by atoms with Gasteiger partial charge in [0.05, 0.1) is 6.20 Å². The minimum absolute atomic E-state index is 0.479. The molecule has 0 spiro atoms. The fourth-order valence-electron chi connectivity index (χ4n) is 3.09. The summed E-state index contributed by atoms with van der Waals surface area (Å²) < 4.78 is 2.01. The van der Waals surface area contributed by atoms with Crippen molar-refractivity contribution in [2.75, 3.05) is 7.05 Å². The van der Waals surface area contributed by atoms with E-state index in [1.54, 1.807) is 0 Å². The molecule has 2 rings (SSSR count). The van der Waals surface area contributed by atoms with Gasteiger partial charge in [-0.1, -0.05) is 32.1 Å². The molecule has 0 radical (unpaired) electrons. The first kappa shape index (κ1) is 13.6. The van der Waals surface area contributed by atoms with Crippen molar-refractivity contribution in [3.63, 3.8) is 0 Å². The summed E-state index contributed by atoms with van der Waals surface area (Å²) in [7, 11) is 2.06. The zero-order valence-electron chi connectivity index (χ0n) is 11.9. The van der Waals surface area contributed by atoms with Gasteiger partial charge in [-0.15, -0.1) is 0 Å². The number of rotatable bonds is 6. The van der Waals surface area contributed by atoms with Crippen LogP contribution >= 0.6 is 0 Å². The van der Waals surface area contributed by atoms with E-state index < -0.39 is 0 Å². The van der Waals surface area contributed by atoms with Crippen molar-refractivity contribution < 1.29 is 0 Å². The molecule has 18 heavy (non-hydrogen) atoms. The van der Waals surface area contributed by atoms with Crippen LogP contribution < -0.4 is 5.32 Å². The number of aryl methyl sites for hydroxylation is 1. The lowest BCUT2D eigenvalue weighted by Crippen LogP contribution is -2.18. The monoisotopic (exact) mass is 249 g/mol. The van der Waals surface area contributed by atoms with Crippen molar-refractivity contribution in [1.82, 2.24) is 15.1 Å². The molecule has 0 saturated heterocycles. The van der Waals surface area contributed by atoms with Crippen LogP contribution in [0, 0.1) is 5.92 Å². The van der Waals surface area contributed by atoms with Crippen molar-refractivity contribution >= 4 is 0 Å². The third-order valence-corrected chi connectivity index (χ3v) is 4.32.